The zero-order chi connectivity index (χ0) is 11.3. The number of nitrogens with two attached hydrogens (primary N) is 1. The molecule has 0 bridgehead atoms. The van der Waals surface area contributed by atoms with Crippen LogP contribution < -0.4 is 5.73 Å². The van der Waals surface area contributed by atoms with E-state index in [1.54, 1.807) is 4.68 Å². The van der Waals surface area contributed by atoms with E-state index in [4.69, 9.17) is 5.73 Å². The molecular formula is C9H19N5O. The Balaban J connectivity index is 2.38. The number of hydrogen-bond acceptors (Lipinski definition) is 5. The summed E-state index contributed by atoms with van der Waals surface area (Å²) < 4.78 is 1.56. The Bertz CT molecular complexity index is 284. The molecule has 0 fully saturated rings. The van der Waals surface area contributed by atoms with Crippen molar-refractivity contribution in [3.05, 3.63) is 6.33 Å². The van der Waals surface area contributed by atoms with Crippen molar-refractivity contribution >= 4 is 5.95 Å². The minimum atomic E-state index is -0.439. The van der Waals surface area contributed by atoms with Crippen molar-refractivity contribution in [3.8, 4) is 0 Å². The van der Waals surface area contributed by atoms with Gasteiger partial charge in [0.05, 0.1) is 12.6 Å². The van der Waals surface area contributed by atoms with Crippen LogP contribution in [0.5, 0.6) is 0 Å². The average molecular weight is 213 g/mol. The van der Waals surface area contributed by atoms with Crippen LogP contribution in [-0.4, -0.2) is 50.5 Å². The van der Waals surface area contributed by atoms with Gasteiger partial charge in [-0.2, -0.15) is 0 Å². The molecule has 0 aliphatic carbocycles. The normalized spacial score (nSPS) is 13.3. The van der Waals surface area contributed by atoms with Gasteiger partial charge in [0.25, 0.3) is 0 Å². The number of anilines is 1. The molecule has 0 radical (unpaired) electrons. The van der Waals surface area contributed by atoms with Crippen LogP contribution in [0.3, 0.4) is 0 Å². The van der Waals surface area contributed by atoms with Crippen LogP contribution in [0.15, 0.2) is 6.33 Å². The van der Waals surface area contributed by atoms with Gasteiger partial charge in [-0.25, -0.2) is 9.67 Å². The molecule has 0 aliphatic rings. The Morgan fingerprint density at radius 2 is 2.20 bits per heavy atom. The molecule has 0 saturated heterocycles. The van der Waals surface area contributed by atoms with Gasteiger partial charge in [0.2, 0.25) is 5.95 Å². The number of aliphatic hydroxyl groups is 1. The molecule has 1 aromatic heterocycles. The number of nitrogens with zero attached hydrogens (tertiary/aromatic N) is 4. The molecule has 1 rings (SSSR count). The van der Waals surface area contributed by atoms with Gasteiger partial charge in [-0.05, 0) is 13.1 Å². The molecular weight excluding hydrogens is 194 g/mol. The number of aliphatic hydroxyl groups excluding tert-OH is 1. The van der Waals surface area contributed by atoms with E-state index < -0.39 is 6.10 Å². The molecule has 0 aromatic carbocycles. The maximum absolute atomic E-state index is 9.77. The number of nitrogen functional groups attached to an aromatic ring is 1. The first kappa shape index (κ1) is 11.9. The molecule has 1 aromatic rings. The maximum atomic E-state index is 9.77. The number of hydrogen-bond donors (Lipinski definition) is 2. The fourth-order valence-corrected chi connectivity index (χ4v) is 1.45. The minimum absolute atomic E-state index is 0.241. The van der Waals surface area contributed by atoms with E-state index in [0.29, 0.717) is 13.1 Å². The molecule has 15 heavy (non-hydrogen) atoms. The van der Waals surface area contributed by atoms with E-state index in [1.165, 1.54) is 6.33 Å². The van der Waals surface area contributed by atoms with Crippen LogP contribution in [0.2, 0.25) is 0 Å². The van der Waals surface area contributed by atoms with Crippen LogP contribution >= 0.6 is 0 Å². The summed E-state index contributed by atoms with van der Waals surface area (Å²) in [7, 11) is 0. The maximum Gasteiger partial charge on any atom is 0.239 e. The lowest BCUT2D eigenvalue weighted by atomic mass is 10.3. The monoisotopic (exact) mass is 213 g/mol. The lowest BCUT2D eigenvalue weighted by Gasteiger charge is -2.21. The van der Waals surface area contributed by atoms with Crippen molar-refractivity contribution in [1.82, 2.24) is 19.7 Å². The SMILES string of the molecule is CCN(CC)CC(O)Cn1cnc(N)n1. The zero-order valence-electron chi connectivity index (χ0n) is 9.30. The highest BCUT2D eigenvalue weighted by atomic mass is 16.3. The molecule has 6 nitrogen and oxygen atoms in total. The van der Waals surface area contributed by atoms with E-state index in [0.717, 1.165) is 13.1 Å². The summed E-state index contributed by atoms with van der Waals surface area (Å²) in [5.74, 6) is 0.241. The van der Waals surface area contributed by atoms with Crippen molar-refractivity contribution in [2.45, 2.75) is 26.5 Å². The second-order valence-corrected chi connectivity index (χ2v) is 3.46. The molecule has 1 atom stereocenters. The Morgan fingerprint density at radius 1 is 1.53 bits per heavy atom. The second kappa shape index (κ2) is 5.67. The summed E-state index contributed by atoms with van der Waals surface area (Å²) in [5, 5.41) is 13.7. The summed E-state index contributed by atoms with van der Waals surface area (Å²) in [5.41, 5.74) is 5.37. The minimum Gasteiger partial charge on any atom is -0.390 e. The Labute approximate surface area is 89.7 Å². The van der Waals surface area contributed by atoms with Gasteiger partial charge in [0, 0.05) is 6.54 Å². The molecule has 1 unspecified atom stereocenters. The molecule has 6 heteroatoms. The average Bonchev–Trinajstić information content (AvgIpc) is 2.60. The van der Waals surface area contributed by atoms with Gasteiger partial charge >= 0.3 is 0 Å². The van der Waals surface area contributed by atoms with Crippen LogP contribution in [0.25, 0.3) is 0 Å². The van der Waals surface area contributed by atoms with Gasteiger partial charge in [0.1, 0.15) is 6.33 Å². The lowest BCUT2D eigenvalue weighted by molar-refractivity contribution is 0.0997. The molecule has 0 spiro atoms. The summed E-state index contributed by atoms with van der Waals surface area (Å²) in [4.78, 5) is 5.95. The van der Waals surface area contributed by atoms with Crippen molar-refractivity contribution < 1.29 is 5.11 Å². The van der Waals surface area contributed by atoms with Crippen LogP contribution in [0, 0.1) is 0 Å². The second-order valence-electron chi connectivity index (χ2n) is 3.46. The van der Waals surface area contributed by atoms with E-state index in [2.05, 4.69) is 28.8 Å². The summed E-state index contributed by atoms with van der Waals surface area (Å²) in [6.07, 6.45) is 1.09. The lowest BCUT2D eigenvalue weighted by Crippen LogP contribution is -2.34. The third-order valence-corrected chi connectivity index (χ3v) is 2.32. The highest BCUT2D eigenvalue weighted by Crippen LogP contribution is 1.97. The first-order valence-electron chi connectivity index (χ1n) is 5.21. The Kier molecular flexibility index (Phi) is 4.51. The first-order valence-corrected chi connectivity index (χ1v) is 5.21. The highest BCUT2D eigenvalue weighted by Gasteiger charge is 2.10. The van der Waals surface area contributed by atoms with Crippen molar-refractivity contribution in [2.75, 3.05) is 25.4 Å². The van der Waals surface area contributed by atoms with Crippen molar-refractivity contribution in [3.63, 3.8) is 0 Å². The topological polar surface area (TPSA) is 80.2 Å². The Morgan fingerprint density at radius 3 is 2.67 bits per heavy atom. The van der Waals surface area contributed by atoms with Gasteiger partial charge in [-0.15, -0.1) is 5.10 Å². The molecule has 1 heterocycles. The molecule has 3 N–H and O–H groups in total. The molecule has 0 aliphatic heterocycles. The van der Waals surface area contributed by atoms with Crippen LogP contribution in [0.1, 0.15) is 13.8 Å². The fraction of sp³-hybridized carbons (Fsp3) is 0.778. The van der Waals surface area contributed by atoms with E-state index in [1.807, 2.05) is 0 Å². The molecule has 0 amide bonds. The largest absolute Gasteiger partial charge is 0.390 e. The van der Waals surface area contributed by atoms with E-state index >= 15 is 0 Å². The third kappa shape index (κ3) is 3.85. The predicted molar refractivity (Wildman–Crippen MR) is 58.2 cm³/mol. The van der Waals surface area contributed by atoms with Crippen LogP contribution in [0.4, 0.5) is 5.95 Å². The molecule has 0 saturated carbocycles. The van der Waals surface area contributed by atoms with Gasteiger partial charge in [0.15, 0.2) is 0 Å². The highest BCUT2D eigenvalue weighted by molar-refractivity contribution is 5.09. The quantitative estimate of drug-likeness (QED) is 0.670. The number of likely N-dealkylation sites (N-methyl/N-ethyl adjacent to an activating group) is 1. The van der Waals surface area contributed by atoms with E-state index in [9.17, 15) is 5.11 Å². The van der Waals surface area contributed by atoms with Gasteiger partial charge in [-0.1, -0.05) is 13.8 Å². The number of aromatic nitrogens is 3. The third-order valence-electron chi connectivity index (χ3n) is 2.32. The Hall–Kier alpha value is -1.14. The summed E-state index contributed by atoms with van der Waals surface area (Å²) >= 11 is 0. The van der Waals surface area contributed by atoms with E-state index in [-0.39, 0.29) is 5.95 Å². The number of rotatable bonds is 6. The fourth-order valence-electron chi connectivity index (χ4n) is 1.45. The first-order chi connectivity index (χ1) is 7.15. The standard InChI is InChI=1S/C9H19N5O/c1-3-13(4-2)5-8(15)6-14-7-11-9(10)12-14/h7-8,15H,3-6H2,1-2H3,(H2,10,12). The summed E-state index contributed by atoms with van der Waals surface area (Å²) in [6, 6.07) is 0. The van der Waals surface area contributed by atoms with Gasteiger partial charge < -0.3 is 15.7 Å². The molecule has 86 valence electrons. The van der Waals surface area contributed by atoms with Crippen LogP contribution in [-0.2, 0) is 6.54 Å². The smallest absolute Gasteiger partial charge is 0.239 e. The predicted octanol–water partition coefficient (Wildman–Crippen LogP) is -0.437. The van der Waals surface area contributed by atoms with Crippen molar-refractivity contribution in [2.24, 2.45) is 0 Å². The zero-order valence-corrected chi connectivity index (χ0v) is 9.30. The van der Waals surface area contributed by atoms with Crippen molar-refractivity contribution in [1.29, 1.82) is 0 Å². The van der Waals surface area contributed by atoms with Gasteiger partial charge in [-0.3, -0.25) is 0 Å². The summed E-state index contributed by atoms with van der Waals surface area (Å²) in [6.45, 7) is 7.10.